The fourth-order valence-corrected chi connectivity index (χ4v) is 1.72. The van der Waals surface area contributed by atoms with Gasteiger partial charge in [-0.25, -0.2) is 4.79 Å². The monoisotopic (exact) mass is 277 g/mol. The van der Waals surface area contributed by atoms with Gasteiger partial charge in [0, 0.05) is 0 Å². The van der Waals surface area contributed by atoms with Crippen LogP contribution in [0.1, 0.15) is 25.0 Å². The fourth-order valence-electron chi connectivity index (χ4n) is 1.72. The lowest BCUT2D eigenvalue weighted by molar-refractivity contribution is -0.146. The average Bonchev–Trinajstić information content (AvgIpc) is 2.45. The number of aliphatic hydroxyl groups is 1. The van der Waals surface area contributed by atoms with Gasteiger partial charge in [0.05, 0.1) is 7.11 Å². The Bertz CT molecular complexity index is 484. The van der Waals surface area contributed by atoms with Gasteiger partial charge in [-0.2, -0.15) is 0 Å². The lowest BCUT2D eigenvalue weighted by Crippen LogP contribution is -2.43. The Balaban J connectivity index is 2.75. The van der Waals surface area contributed by atoms with E-state index in [-0.39, 0.29) is 6.42 Å². The summed E-state index contributed by atoms with van der Waals surface area (Å²) in [5, 5.41) is 12.4. The minimum atomic E-state index is -1.33. The molecule has 0 aliphatic rings. The summed E-state index contributed by atoms with van der Waals surface area (Å²) in [6, 6.07) is 7.65. The van der Waals surface area contributed by atoms with E-state index in [1.165, 1.54) is 7.11 Å². The van der Waals surface area contributed by atoms with Crippen molar-refractivity contribution in [2.45, 2.75) is 25.5 Å². The second kappa shape index (κ2) is 7.45. The molecule has 1 aromatic rings. The molecule has 0 aliphatic heterocycles. The summed E-state index contributed by atoms with van der Waals surface area (Å²) in [5.41, 5.74) is 1.19. The first-order valence-corrected chi connectivity index (χ1v) is 6.21. The number of hydrogen-bond acceptors (Lipinski definition) is 4. The first-order chi connectivity index (χ1) is 9.45. The number of methoxy groups -OCH3 is 1. The second-order valence-corrected chi connectivity index (χ2v) is 4.56. The lowest BCUT2D eigenvalue weighted by atomic mass is 10.1. The Morgan fingerprint density at radius 1 is 1.35 bits per heavy atom. The topological polar surface area (TPSA) is 75.6 Å². The summed E-state index contributed by atoms with van der Waals surface area (Å²) in [4.78, 5) is 23.5. The van der Waals surface area contributed by atoms with Gasteiger partial charge < -0.3 is 15.2 Å². The molecule has 20 heavy (non-hydrogen) atoms. The molecule has 2 atom stereocenters. The standard InChI is InChI=1S/C15H19NO4/c1-10(2)9-12(15(19)20-3)16-14(18)13(17)11-7-5-4-6-8-11/h4-8,12-13,17H,1,9H2,2-3H3,(H,16,18)/t12-,13-/m0/s1. The van der Waals surface area contributed by atoms with E-state index >= 15 is 0 Å². The van der Waals surface area contributed by atoms with Gasteiger partial charge >= 0.3 is 5.97 Å². The zero-order valence-electron chi connectivity index (χ0n) is 11.6. The molecule has 5 heteroatoms. The van der Waals surface area contributed by atoms with Gasteiger partial charge in [0.1, 0.15) is 6.04 Å². The molecule has 1 amide bonds. The molecule has 0 spiro atoms. The molecule has 0 aliphatic carbocycles. The van der Waals surface area contributed by atoms with Crippen molar-refractivity contribution in [3.63, 3.8) is 0 Å². The number of rotatable bonds is 6. The molecule has 0 bridgehead atoms. The minimum Gasteiger partial charge on any atom is -0.467 e. The van der Waals surface area contributed by atoms with Gasteiger partial charge in [-0.1, -0.05) is 35.9 Å². The van der Waals surface area contributed by atoms with E-state index in [1.807, 2.05) is 0 Å². The molecule has 0 saturated heterocycles. The molecule has 2 N–H and O–H groups in total. The van der Waals surface area contributed by atoms with Crippen LogP contribution >= 0.6 is 0 Å². The second-order valence-electron chi connectivity index (χ2n) is 4.56. The predicted octanol–water partition coefficient (Wildman–Crippen LogP) is 1.34. The van der Waals surface area contributed by atoms with Gasteiger partial charge in [-0.05, 0) is 18.9 Å². The van der Waals surface area contributed by atoms with E-state index in [0.717, 1.165) is 5.57 Å². The van der Waals surface area contributed by atoms with Crippen molar-refractivity contribution in [2.75, 3.05) is 7.11 Å². The Morgan fingerprint density at radius 2 is 1.95 bits per heavy atom. The Morgan fingerprint density at radius 3 is 2.45 bits per heavy atom. The number of esters is 1. The first kappa shape index (κ1) is 15.9. The van der Waals surface area contributed by atoms with E-state index in [1.54, 1.807) is 37.3 Å². The van der Waals surface area contributed by atoms with E-state index in [4.69, 9.17) is 0 Å². The Kier molecular flexibility index (Phi) is 5.93. The molecule has 0 fully saturated rings. The molecular weight excluding hydrogens is 258 g/mol. The molecule has 0 radical (unpaired) electrons. The van der Waals surface area contributed by atoms with Crippen molar-refractivity contribution < 1.29 is 19.4 Å². The van der Waals surface area contributed by atoms with Crippen LogP contribution in [0, 0.1) is 0 Å². The van der Waals surface area contributed by atoms with Crippen LogP contribution in [0.3, 0.4) is 0 Å². The molecular formula is C15H19NO4. The number of benzene rings is 1. The highest BCUT2D eigenvalue weighted by Gasteiger charge is 2.25. The third kappa shape index (κ3) is 4.51. The summed E-state index contributed by atoms with van der Waals surface area (Å²) < 4.78 is 4.62. The van der Waals surface area contributed by atoms with Crippen LogP contribution in [0.25, 0.3) is 0 Å². The first-order valence-electron chi connectivity index (χ1n) is 6.21. The van der Waals surface area contributed by atoms with Crippen molar-refractivity contribution in [3.05, 3.63) is 48.0 Å². The summed E-state index contributed by atoms with van der Waals surface area (Å²) in [7, 11) is 1.24. The Hall–Kier alpha value is -2.14. The van der Waals surface area contributed by atoms with E-state index in [9.17, 15) is 14.7 Å². The lowest BCUT2D eigenvalue weighted by Gasteiger charge is -2.19. The molecule has 108 valence electrons. The quantitative estimate of drug-likeness (QED) is 0.608. The van der Waals surface area contributed by atoms with E-state index in [0.29, 0.717) is 5.56 Å². The van der Waals surface area contributed by atoms with Crippen molar-refractivity contribution in [2.24, 2.45) is 0 Å². The number of carbonyl (C=O) groups is 2. The fraction of sp³-hybridized carbons (Fsp3) is 0.333. The zero-order valence-corrected chi connectivity index (χ0v) is 11.6. The number of carbonyl (C=O) groups excluding carboxylic acids is 2. The van der Waals surface area contributed by atoms with Crippen LogP contribution in [0.4, 0.5) is 0 Å². The molecule has 0 saturated carbocycles. The highest BCUT2D eigenvalue weighted by atomic mass is 16.5. The van der Waals surface area contributed by atoms with E-state index < -0.39 is 24.0 Å². The molecule has 5 nitrogen and oxygen atoms in total. The summed E-state index contributed by atoms with van der Waals surface area (Å²) in [6.07, 6.45) is -1.06. The van der Waals surface area contributed by atoms with Crippen LogP contribution in [-0.2, 0) is 14.3 Å². The molecule has 0 heterocycles. The molecule has 0 aromatic heterocycles. The van der Waals surface area contributed by atoms with Crippen LogP contribution < -0.4 is 5.32 Å². The van der Waals surface area contributed by atoms with Gasteiger partial charge in [-0.3, -0.25) is 4.79 Å². The average molecular weight is 277 g/mol. The summed E-state index contributed by atoms with van der Waals surface area (Å²) in [5.74, 6) is -1.21. The number of hydrogen-bond donors (Lipinski definition) is 2. The van der Waals surface area contributed by atoms with E-state index in [2.05, 4.69) is 16.6 Å². The van der Waals surface area contributed by atoms with Gasteiger partial charge in [0.25, 0.3) is 5.91 Å². The van der Waals surface area contributed by atoms with Crippen molar-refractivity contribution in [3.8, 4) is 0 Å². The predicted molar refractivity (Wildman–Crippen MR) is 74.8 cm³/mol. The van der Waals surface area contributed by atoms with Crippen LogP contribution in [-0.4, -0.2) is 30.1 Å². The molecule has 1 aromatic carbocycles. The third-order valence-corrected chi connectivity index (χ3v) is 2.72. The van der Waals surface area contributed by atoms with Crippen molar-refractivity contribution in [1.29, 1.82) is 0 Å². The van der Waals surface area contributed by atoms with Crippen LogP contribution in [0.5, 0.6) is 0 Å². The highest BCUT2D eigenvalue weighted by Crippen LogP contribution is 2.13. The largest absolute Gasteiger partial charge is 0.467 e. The van der Waals surface area contributed by atoms with Crippen LogP contribution in [0.15, 0.2) is 42.5 Å². The molecule has 1 rings (SSSR count). The Labute approximate surface area is 118 Å². The van der Waals surface area contributed by atoms with Gasteiger partial charge in [-0.15, -0.1) is 6.58 Å². The number of amides is 1. The summed E-state index contributed by atoms with van der Waals surface area (Å²) in [6.45, 7) is 5.45. The van der Waals surface area contributed by atoms with Crippen molar-refractivity contribution >= 4 is 11.9 Å². The van der Waals surface area contributed by atoms with Crippen molar-refractivity contribution in [1.82, 2.24) is 5.32 Å². The molecule has 0 unspecified atom stereocenters. The zero-order chi connectivity index (χ0) is 15.1. The normalized spacial score (nSPS) is 13.2. The maximum absolute atomic E-state index is 12.0. The third-order valence-electron chi connectivity index (χ3n) is 2.72. The number of ether oxygens (including phenoxy) is 1. The number of nitrogens with one attached hydrogen (secondary N) is 1. The SMILES string of the molecule is C=C(C)C[C@H](NC(=O)[C@@H](O)c1ccccc1)C(=O)OC. The van der Waals surface area contributed by atoms with Gasteiger partial charge in [0.15, 0.2) is 6.10 Å². The van der Waals surface area contributed by atoms with Crippen LogP contribution in [0.2, 0.25) is 0 Å². The smallest absolute Gasteiger partial charge is 0.328 e. The number of aliphatic hydroxyl groups excluding tert-OH is 1. The minimum absolute atomic E-state index is 0.264. The van der Waals surface area contributed by atoms with Gasteiger partial charge in [0.2, 0.25) is 0 Å². The summed E-state index contributed by atoms with van der Waals surface area (Å²) >= 11 is 0. The maximum atomic E-state index is 12.0. The highest BCUT2D eigenvalue weighted by molar-refractivity contribution is 5.87. The maximum Gasteiger partial charge on any atom is 0.328 e.